The van der Waals surface area contributed by atoms with Crippen molar-refractivity contribution in [2.75, 3.05) is 31.6 Å². The molecule has 1 amide bonds. The van der Waals surface area contributed by atoms with Gasteiger partial charge in [-0.3, -0.25) is 5.32 Å². The first kappa shape index (κ1) is 17.5. The Balaban J connectivity index is 1.53. The van der Waals surface area contributed by atoms with Gasteiger partial charge < -0.3 is 9.22 Å². The number of quaternary nitrogens is 1. The molecule has 0 radical (unpaired) electrons. The number of amides is 1. The van der Waals surface area contributed by atoms with E-state index < -0.39 is 0 Å². The van der Waals surface area contributed by atoms with Crippen LogP contribution in [-0.2, 0) is 11.3 Å². The topological polar surface area (TPSA) is 38.3 Å². The minimum atomic E-state index is -0.374. The van der Waals surface area contributed by atoms with Gasteiger partial charge >= 0.3 is 6.09 Å². The number of rotatable bonds is 6. The van der Waals surface area contributed by atoms with Gasteiger partial charge in [-0.25, -0.2) is 4.79 Å². The number of carbonyl (C=O) groups is 1. The fraction of sp³-hybridized carbons (Fsp3) is 0.381. The number of nitrogens with zero attached hydrogens (tertiary/aromatic N) is 1. The van der Waals surface area contributed by atoms with Crippen molar-refractivity contribution in [3.05, 3.63) is 66.2 Å². The number of ether oxygens (including phenoxy) is 1. The molecule has 0 atom stereocenters. The Bertz CT molecular complexity index is 652. The Morgan fingerprint density at radius 1 is 0.920 bits per heavy atom. The summed E-state index contributed by atoms with van der Waals surface area (Å²) in [4.78, 5) is 12.0. The van der Waals surface area contributed by atoms with Crippen LogP contribution < -0.4 is 5.32 Å². The van der Waals surface area contributed by atoms with E-state index >= 15 is 0 Å². The fourth-order valence-corrected chi connectivity index (χ4v) is 3.62. The van der Waals surface area contributed by atoms with Gasteiger partial charge in [0.15, 0.2) is 0 Å². The van der Waals surface area contributed by atoms with Crippen LogP contribution in [0.2, 0.25) is 0 Å². The minimum absolute atomic E-state index is 0.374. The highest BCUT2D eigenvalue weighted by atomic mass is 16.5. The number of anilines is 1. The predicted octanol–water partition coefficient (Wildman–Crippen LogP) is 4.44. The molecule has 0 spiro atoms. The zero-order valence-electron chi connectivity index (χ0n) is 14.7. The SMILES string of the molecule is O=C(Nc1ccccc1)OCC[N+]1(Cc2ccccc2)CCCCC1. The second kappa shape index (κ2) is 8.67. The molecule has 1 heterocycles. The van der Waals surface area contributed by atoms with E-state index in [1.54, 1.807) is 0 Å². The summed E-state index contributed by atoms with van der Waals surface area (Å²) in [6.07, 6.45) is 3.44. The lowest BCUT2D eigenvalue weighted by Gasteiger charge is -2.41. The molecule has 4 heteroatoms. The lowest BCUT2D eigenvalue weighted by Crippen LogP contribution is -2.52. The van der Waals surface area contributed by atoms with Gasteiger partial charge in [-0.1, -0.05) is 48.5 Å². The van der Waals surface area contributed by atoms with Crippen LogP contribution in [0.5, 0.6) is 0 Å². The first-order chi connectivity index (χ1) is 12.3. The summed E-state index contributed by atoms with van der Waals surface area (Å²) in [5, 5.41) is 2.77. The van der Waals surface area contributed by atoms with Gasteiger partial charge in [0.25, 0.3) is 0 Å². The number of carbonyl (C=O) groups excluding carboxylic acids is 1. The second-order valence-corrected chi connectivity index (χ2v) is 6.84. The molecule has 1 aliphatic rings. The van der Waals surface area contributed by atoms with Gasteiger partial charge in [0, 0.05) is 11.3 Å². The van der Waals surface area contributed by atoms with Crippen molar-refractivity contribution in [3.8, 4) is 0 Å². The first-order valence-electron chi connectivity index (χ1n) is 9.14. The third-order valence-corrected chi connectivity index (χ3v) is 4.94. The zero-order valence-corrected chi connectivity index (χ0v) is 14.7. The Morgan fingerprint density at radius 2 is 1.56 bits per heavy atom. The highest BCUT2D eigenvalue weighted by Crippen LogP contribution is 2.22. The van der Waals surface area contributed by atoms with E-state index in [-0.39, 0.29) is 6.09 Å². The lowest BCUT2D eigenvalue weighted by atomic mass is 10.1. The zero-order chi connectivity index (χ0) is 17.4. The molecule has 4 nitrogen and oxygen atoms in total. The summed E-state index contributed by atoms with van der Waals surface area (Å²) < 4.78 is 6.46. The normalized spacial score (nSPS) is 16.2. The van der Waals surface area contributed by atoms with Crippen molar-refractivity contribution < 1.29 is 14.0 Å². The molecule has 0 aromatic heterocycles. The molecule has 0 aliphatic carbocycles. The number of benzene rings is 2. The van der Waals surface area contributed by atoms with Gasteiger partial charge in [-0.15, -0.1) is 0 Å². The standard InChI is InChI=1S/C21H26N2O2/c24-21(22-20-12-6-2-7-13-20)25-17-16-23(14-8-3-9-15-23)18-19-10-4-1-5-11-19/h1-2,4-7,10-13H,3,8-9,14-18H2/p+1. The maximum absolute atomic E-state index is 12.0. The van der Waals surface area contributed by atoms with E-state index in [9.17, 15) is 4.79 Å². The Hall–Kier alpha value is -2.33. The Kier molecular flexibility index (Phi) is 6.07. The van der Waals surface area contributed by atoms with Gasteiger partial charge in [0.2, 0.25) is 0 Å². The van der Waals surface area contributed by atoms with Crippen molar-refractivity contribution >= 4 is 11.8 Å². The molecule has 2 aromatic rings. The maximum atomic E-state index is 12.0. The molecule has 3 rings (SSSR count). The summed E-state index contributed by atoms with van der Waals surface area (Å²) in [6.45, 7) is 4.67. The third-order valence-electron chi connectivity index (χ3n) is 4.94. The van der Waals surface area contributed by atoms with E-state index in [4.69, 9.17) is 4.74 Å². The number of likely N-dealkylation sites (tertiary alicyclic amines) is 1. The second-order valence-electron chi connectivity index (χ2n) is 6.84. The molecule has 0 bridgehead atoms. The van der Waals surface area contributed by atoms with Crippen LogP contribution in [0.3, 0.4) is 0 Å². The molecular formula is C21H27N2O2+. The van der Waals surface area contributed by atoms with Crippen LogP contribution in [0.25, 0.3) is 0 Å². The van der Waals surface area contributed by atoms with Crippen molar-refractivity contribution in [2.45, 2.75) is 25.8 Å². The van der Waals surface area contributed by atoms with Crippen molar-refractivity contribution in [3.63, 3.8) is 0 Å². The number of para-hydroxylation sites is 1. The molecule has 1 fully saturated rings. The highest BCUT2D eigenvalue weighted by molar-refractivity contribution is 5.84. The van der Waals surface area contributed by atoms with Crippen LogP contribution >= 0.6 is 0 Å². The summed E-state index contributed by atoms with van der Waals surface area (Å²) in [5.74, 6) is 0. The molecule has 25 heavy (non-hydrogen) atoms. The number of piperidine rings is 1. The Morgan fingerprint density at radius 3 is 2.24 bits per heavy atom. The fourth-order valence-electron chi connectivity index (χ4n) is 3.62. The van der Waals surface area contributed by atoms with Crippen molar-refractivity contribution in [1.82, 2.24) is 0 Å². The molecule has 1 N–H and O–H groups in total. The summed E-state index contributed by atoms with van der Waals surface area (Å²) in [7, 11) is 0. The van der Waals surface area contributed by atoms with Crippen LogP contribution in [0.4, 0.5) is 10.5 Å². The average molecular weight is 339 g/mol. The summed E-state index contributed by atoms with van der Waals surface area (Å²) in [5.41, 5.74) is 2.12. The smallest absolute Gasteiger partial charge is 0.411 e. The molecule has 0 unspecified atom stereocenters. The molecule has 1 saturated heterocycles. The van der Waals surface area contributed by atoms with Crippen LogP contribution in [-0.4, -0.2) is 36.8 Å². The van der Waals surface area contributed by atoms with Gasteiger partial charge in [-0.2, -0.15) is 0 Å². The van der Waals surface area contributed by atoms with Crippen LogP contribution in [0.1, 0.15) is 24.8 Å². The number of hydrogen-bond acceptors (Lipinski definition) is 2. The quantitative estimate of drug-likeness (QED) is 0.790. The molecule has 132 valence electrons. The van der Waals surface area contributed by atoms with E-state index in [0.717, 1.165) is 23.3 Å². The summed E-state index contributed by atoms with van der Waals surface area (Å²) in [6, 6.07) is 20.1. The Labute approximate surface area is 150 Å². The van der Waals surface area contributed by atoms with E-state index in [2.05, 4.69) is 35.6 Å². The lowest BCUT2D eigenvalue weighted by molar-refractivity contribution is -0.945. The molecular weight excluding hydrogens is 312 g/mol. The van der Waals surface area contributed by atoms with E-state index in [1.165, 1.54) is 37.9 Å². The van der Waals surface area contributed by atoms with Crippen molar-refractivity contribution in [2.24, 2.45) is 0 Å². The highest BCUT2D eigenvalue weighted by Gasteiger charge is 2.30. The average Bonchev–Trinajstić information content (AvgIpc) is 2.64. The predicted molar refractivity (Wildman–Crippen MR) is 100 cm³/mol. The van der Waals surface area contributed by atoms with Gasteiger partial charge in [0.05, 0.1) is 13.1 Å². The van der Waals surface area contributed by atoms with Crippen LogP contribution in [0.15, 0.2) is 60.7 Å². The van der Waals surface area contributed by atoms with Crippen molar-refractivity contribution in [1.29, 1.82) is 0 Å². The van der Waals surface area contributed by atoms with Gasteiger partial charge in [0.1, 0.15) is 19.7 Å². The van der Waals surface area contributed by atoms with Gasteiger partial charge in [-0.05, 0) is 31.4 Å². The molecule has 0 saturated carbocycles. The monoisotopic (exact) mass is 339 g/mol. The largest absolute Gasteiger partial charge is 0.443 e. The van der Waals surface area contributed by atoms with E-state index in [1.807, 2.05) is 30.3 Å². The van der Waals surface area contributed by atoms with Crippen LogP contribution in [0, 0.1) is 0 Å². The third kappa shape index (κ3) is 5.33. The molecule has 1 aliphatic heterocycles. The molecule has 2 aromatic carbocycles. The number of nitrogens with one attached hydrogen (secondary N) is 1. The van der Waals surface area contributed by atoms with E-state index in [0.29, 0.717) is 6.61 Å². The first-order valence-corrected chi connectivity index (χ1v) is 9.14. The number of hydrogen-bond donors (Lipinski definition) is 1. The maximum Gasteiger partial charge on any atom is 0.411 e. The minimum Gasteiger partial charge on any atom is -0.443 e. The summed E-state index contributed by atoms with van der Waals surface area (Å²) >= 11 is 0.